The third kappa shape index (κ3) is 5.54. The average Bonchev–Trinajstić information content (AvgIpc) is 1.89. The van der Waals surface area contributed by atoms with E-state index in [9.17, 15) is 0 Å². The van der Waals surface area contributed by atoms with Gasteiger partial charge in [-0.3, -0.25) is 0 Å². The Morgan fingerprint density at radius 2 is 2.20 bits per heavy atom. The molecular formula is C8H15NO. The summed E-state index contributed by atoms with van der Waals surface area (Å²) in [6.45, 7) is 2.54. The highest BCUT2D eigenvalue weighted by molar-refractivity contribution is 5.04. The molecule has 1 atom stereocenters. The molecule has 2 N–H and O–H groups in total. The molecule has 2 heteroatoms. The second-order valence-electron chi connectivity index (χ2n) is 2.03. The average molecular weight is 141 g/mol. The summed E-state index contributed by atoms with van der Waals surface area (Å²) in [5.74, 6) is 0. The van der Waals surface area contributed by atoms with Gasteiger partial charge in [0.2, 0.25) is 0 Å². The van der Waals surface area contributed by atoms with Crippen molar-refractivity contribution in [3.05, 3.63) is 24.3 Å². The summed E-state index contributed by atoms with van der Waals surface area (Å²) < 4.78 is 4.83. The molecule has 0 heterocycles. The molecule has 0 fully saturated rings. The second kappa shape index (κ2) is 6.52. The van der Waals surface area contributed by atoms with Crippen LogP contribution < -0.4 is 5.73 Å². The van der Waals surface area contributed by atoms with Gasteiger partial charge in [0.1, 0.15) is 0 Å². The van der Waals surface area contributed by atoms with Gasteiger partial charge in [-0.25, -0.2) is 0 Å². The van der Waals surface area contributed by atoms with Gasteiger partial charge in [0.15, 0.2) is 0 Å². The normalized spacial score (nSPS) is 15.1. The molecule has 0 amide bonds. The fourth-order valence-electron chi connectivity index (χ4n) is 0.566. The Hall–Kier alpha value is -0.600. The van der Waals surface area contributed by atoms with E-state index in [2.05, 4.69) is 0 Å². The molecule has 1 unspecified atom stereocenters. The van der Waals surface area contributed by atoms with Gasteiger partial charge in [-0.2, -0.15) is 0 Å². The molecule has 0 saturated carbocycles. The Bertz CT molecular complexity index is 118. The van der Waals surface area contributed by atoms with Gasteiger partial charge in [-0.05, 0) is 6.92 Å². The first kappa shape index (κ1) is 9.40. The summed E-state index contributed by atoms with van der Waals surface area (Å²) in [5.41, 5.74) is 5.58. The van der Waals surface area contributed by atoms with Gasteiger partial charge in [-0.15, -0.1) is 0 Å². The molecule has 2 nitrogen and oxygen atoms in total. The first-order valence-electron chi connectivity index (χ1n) is 3.35. The summed E-state index contributed by atoms with van der Waals surface area (Å²) in [6.07, 6.45) is 7.72. The molecule has 10 heavy (non-hydrogen) atoms. The third-order valence-corrected chi connectivity index (χ3v) is 1.02. The summed E-state index contributed by atoms with van der Waals surface area (Å²) in [7, 11) is 1.64. The Morgan fingerprint density at radius 1 is 1.50 bits per heavy atom. The number of ether oxygens (including phenoxy) is 1. The van der Waals surface area contributed by atoms with Crippen LogP contribution in [-0.2, 0) is 4.74 Å². The van der Waals surface area contributed by atoms with E-state index in [1.54, 1.807) is 7.11 Å². The Balaban J connectivity index is 3.44. The van der Waals surface area contributed by atoms with Crippen molar-refractivity contribution in [2.24, 2.45) is 5.73 Å². The number of methoxy groups -OCH3 is 1. The molecule has 0 aliphatic heterocycles. The monoisotopic (exact) mass is 141 g/mol. The number of hydrogen-bond donors (Lipinski definition) is 1. The van der Waals surface area contributed by atoms with Gasteiger partial charge >= 0.3 is 0 Å². The van der Waals surface area contributed by atoms with E-state index in [-0.39, 0.29) is 6.04 Å². The first-order chi connectivity index (χ1) is 4.81. The smallest absolute Gasteiger partial charge is 0.0649 e. The third-order valence-electron chi connectivity index (χ3n) is 1.02. The lowest BCUT2D eigenvalue weighted by atomic mass is 10.3. The van der Waals surface area contributed by atoms with Crippen LogP contribution in [0.1, 0.15) is 6.92 Å². The summed E-state index contributed by atoms with van der Waals surface area (Å²) >= 11 is 0. The van der Waals surface area contributed by atoms with E-state index in [0.717, 1.165) is 0 Å². The van der Waals surface area contributed by atoms with Crippen LogP contribution in [0, 0.1) is 0 Å². The molecule has 0 radical (unpaired) electrons. The zero-order valence-electron chi connectivity index (χ0n) is 6.58. The van der Waals surface area contributed by atoms with E-state index in [1.165, 1.54) is 0 Å². The Kier molecular flexibility index (Phi) is 6.13. The second-order valence-corrected chi connectivity index (χ2v) is 2.03. The van der Waals surface area contributed by atoms with Crippen LogP contribution in [0.2, 0.25) is 0 Å². The number of rotatable bonds is 4. The quantitative estimate of drug-likeness (QED) is 0.595. The van der Waals surface area contributed by atoms with Crippen molar-refractivity contribution >= 4 is 0 Å². The lowest BCUT2D eigenvalue weighted by Crippen LogP contribution is -2.22. The van der Waals surface area contributed by atoms with Crippen LogP contribution in [0.4, 0.5) is 0 Å². The van der Waals surface area contributed by atoms with Crippen LogP contribution in [0.5, 0.6) is 0 Å². The molecule has 0 aliphatic carbocycles. The van der Waals surface area contributed by atoms with Crippen LogP contribution >= 0.6 is 0 Å². The number of nitrogens with two attached hydrogens (primary N) is 1. The maximum atomic E-state index is 5.58. The lowest BCUT2D eigenvalue weighted by Gasteiger charge is -2.01. The van der Waals surface area contributed by atoms with Gasteiger partial charge in [0, 0.05) is 13.2 Å². The van der Waals surface area contributed by atoms with Crippen LogP contribution in [0.3, 0.4) is 0 Å². The van der Waals surface area contributed by atoms with Crippen molar-refractivity contribution < 1.29 is 4.74 Å². The molecule has 58 valence electrons. The Morgan fingerprint density at radius 3 is 2.70 bits per heavy atom. The van der Waals surface area contributed by atoms with E-state index < -0.39 is 0 Å². The van der Waals surface area contributed by atoms with Gasteiger partial charge < -0.3 is 10.5 Å². The molecule has 0 bridgehead atoms. The zero-order valence-corrected chi connectivity index (χ0v) is 6.58. The minimum absolute atomic E-state index is 0.0150. The standard InChI is InChI=1S/C8H15NO/c1-3-4-5-6-8(9)7-10-2/h3-6,8H,7,9H2,1-2H3/b4-3-,6-5-. The molecular weight excluding hydrogens is 126 g/mol. The van der Waals surface area contributed by atoms with Crippen LogP contribution in [-0.4, -0.2) is 19.8 Å². The van der Waals surface area contributed by atoms with Crippen molar-refractivity contribution in [2.75, 3.05) is 13.7 Å². The van der Waals surface area contributed by atoms with Gasteiger partial charge in [0.05, 0.1) is 6.61 Å². The molecule has 0 saturated heterocycles. The van der Waals surface area contributed by atoms with Crippen molar-refractivity contribution in [3.8, 4) is 0 Å². The van der Waals surface area contributed by atoms with E-state index in [0.29, 0.717) is 6.61 Å². The topological polar surface area (TPSA) is 35.2 Å². The predicted octanol–water partition coefficient (Wildman–Crippen LogP) is 1.09. The summed E-state index contributed by atoms with van der Waals surface area (Å²) in [4.78, 5) is 0. The first-order valence-corrected chi connectivity index (χ1v) is 3.35. The fourth-order valence-corrected chi connectivity index (χ4v) is 0.566. The minimum atomic E-state index is 0.0150. The highest BCUT2D eigenvalue weighted by atomic mass is 16.5. The SMILES string of the molecule is C/C=C\C=C/C(N)COC. The van der Waals surface area contributed by atoms with Crippen LogP contribution in [0.15, 0.2) is 24.3 Å². The zero-order chi connectivity index (χ0) is 7.82. The van der Waals surface area contributed by atoms with Crippen molar-refractivity contribution in [3.63, 3.8) is 0 Å². The largest absolute Gasteiger partial charge is 0.383 e. The highest BCUT2D eigenvalue weighted by Gasteiger charge is 1.91. The van der Waals surface area contributed by atoms with Gasteiger partial charge in [0.25, 0.3) is 0 Å². The van der Waals surface area contributed by atoms with E-state index in [1.807, 2.05) is 31.2 Å². The molecule has 0 aromatic heterocycles. The number of hydrogen-bond acceptors (Lipinski definition) is 2. The molecule has 0 aromatic rings. The van der Waals surface area contributed by atoms with Crippen LogP contribution in [0.25, 0.3) is 0 Å². The minimum Gasteiger partial charge on any atom is -0.383 e. The van der Waals surface area contributed by atoms with E-state index in [4.69, 9.17) is 10.5 Å². The van der Waals surface area contributed by atoms with Gasteiger partial charge in [-0.1, -0.05) is 24.3 Å². The lowest BCUT2D eigenvalue weighted by molar-refractivity contribution is 0.192. The maximum Gasteiger partial charge on any atom is 0.0649 e. The van der Waals surface area contributed by atoms with E-state index >= 15 is 0 Å². The van der Waals surface area contributed by atoms with Crippen molar-refractivity contribution in [2.45, 2.75) is 13.0 Å². The summed E-state index contributed by atoms with van der Waals surface area (Å²) in [5, 5.41) is 0. The molecule has 0 aromatic carbocycles. The fraction of sp³-hybridized carbons (Fsp3) is 0.500. The Labute approximate surface area is 62.4 Å². The molecule has 0 rings (SSSR count). The maximum absolute atomic E-state index is 5.58. The molecule has 0 spiro atoms. The predicted molar refractivity (Wildman–Crippen MR) is 43.8 cm³/mol. The molecule has 0 aliphatic rings. The number of allylic oxidation sites excluding steroid dienone is 3. The van der Waals surface area contributed by atoms with Crippen molar-refractivity contribution in [1.29, 1.82) is 0 Å². The summed E-state index contributed by atoms with van der Waals surface area (Å²) in [6, 6.07) is 0.0150. The van der Waals surface area contributed by atoms with Crippen molar-refractivity contribution in [1.82, 2.24) is 0 Å². The highest BCUT2D eigenvalue weighted by Crippen LogP contribution is 1.83.